The molecular weight excluding hydrogens is 294 g/mol. The van der Waals surface area contributed by atoms with Gasteiger partial charge < -0.3 is 4.74 Å². The summed E-state index contributed by atoms with van der Waals surface area (Å²) >= 11 is 2.88. The number of hydrogen-bond acceptors (Lipinski definition) is 6. The van der Waals surface area contributed by atoms with Gasteiger partial charge in [-0.25, -0.2) is 9.78 Å². The molecule has 0 saturated heterocycles. The molecule has 2 rings (SSSR count). The highest BCUT2D eigenvalue weighted by atomic mass is 32.1. The lowest BCUT2D eigenvalue weighted by molar-refractivity contribution is 0.0517. The first-order valence-corrected chi connectivity index (χ1v) is 7.98. The van der Waals surface area contributed by atoms with Crippen molar-refractivity contribution in [2.75, 3.05) is 6.61 Å². The number of thiazole rings is 1. The molecule has 0 aliphatic heterocycles. The minimum absolute atomic E-state index is 0.130. The summed E-state index contributed by atoms with van der Waals surface area (Å²) in [5.41, 5.74) is 0.130. The van der Waals surface area contributed by atoms with Crippen LogP contribution in [0.2, 0.25) is 0 Å². The van der Waals surface area contributed by atoms with Gasteiger partial charge in [0.05, 0.1) is 11.5 Å². The molecule has 4 nitrogen and oxygen atoms in total. The molecule has 0 N–H and O–H groups in total. The van der Waals surface area contributed by atoms with Crippen LogP contribution in [-0.4, -0.2) is 23.3 Å². The molecule has 2 aromatic heterocycles. The average Bonchev–Trinajstić information content (AvgIpc) is 3.05. The van der Waals surface area contributed by atoms with Gasteiger partial charge in [-0.05, 0) is 25.5 Å². The molecular formula is C14H15NO3S2. The van der Waals surface area contributed by atoms with Crippen molar-refractivity contribution in [1.82, 2.24) is 4.98 Å². The molecule has 2 heterocycles. The Labute approximate surface area is 125 Å². The van der Waals surface area contributed by atoms with Gasteiger partial charge in [0.15, 0.2) is 11.5 Å². The van der Waals surface area contributed by atoms with Gasteiger partial charge in [0, 0.05) is 11.8 Å². The zero-order valence-corrected chi connectivity index (χ0v) is 13.2. The van der Waals surface area contributed by atoms with E-state index in [1.807, 2.05) is 12.1 Å². The SMILES string of the molecule is CCOC(=O)c1nc(-c2ccc(CC)s2)sc1C(C)=O. The van der Waals surface area contributed by atoms with Crippen LogP contribution in [0.3, 0.4) is 0 Å². The number of Topliss-reactive ketones (excluding diaryl/α,β-unsaturated/α-hetero) is 1. The predicted molar refractivity (Wildman–Crippen MR) is 80.8 cm³/mol. The van der Waals surface area contributed by atoms with Gasteiger partial charge >= 0.3 is 5.97 Å². The maximum Gasteiger partial charge on any atom is 0.358 e. The average molecular weight is 309 g/mol. The van der Waals surface area contributed by atoms with Crippen molar-refractivity contribution < 1.29 is 14.3 Å². The lowest BCUT2D eigenvalue weighted by Gasteiger charge is -1.98. The Morgan fingerprint density at radius 1 is 1.25 bits per heavy atom. The number of ether oxygens (including phenoxy) is 1. The van der Waals surface area contributed by atoms with Gasteiger partial charge in [0.25, 0.3) is 0 Å². The minimum Gasteiger partial charge on any atom is -0.461 e. The first kappa shape index (κ1) is 14.9. The molecule has 0 atom stereocenters. The number of rotatable bonds is 5. The molecule has 0 amide bonds. The Morgan fingerprint density at radius 2 is 2.00 bits per heavy atom. The standard InChI is InChI=1S/C14H15NO3S2/c1-4-9-6-7-10(19-9)13-15-11(14(17)18-5-2)12(20-13)8(3)16/h6-7H,4-5H2,1-3H3. The summed E-state index contributed by atoms with van der Waals surface area (Å²) in [6, 6.07) is 4.01. The first-order chi connectivity index (χ1) is 9.56. The highest BCUT2D eigenvalue weighted by molar-refractivity contribution is 7.22. The third-order valence-electron chi connectivity index (χ3n) is 2.64. The monoisotopic (exact) mass is 309 g/mol. The molecule has 6 heteroatoms. The van der Waals surface area contributed by atoms with Gasteiger partial charge in [-0.3, -0.25) is 4.79 Å². The quantitative estimate of drug-likeness (QED) is 0.622. The summed E-state index contributed by atoms with van der Waals surface area (Å²) < 4.78 is 4.95. The number of thiophene rings is 1. The summed E-state index contributed by atoms with van der Waals surface area (Å²) in [6.07, 6.45) is 0.959. The van der Waals surface area contributed by atoms with Crippen LogP contribution in [-0.2, 0) is 11.2 Å². The molecule has 0 fully saturated rings. The molecule has 0 saturated carbocycles. The van der Waals surface area contributed by atoms with Gasteiger partial charge in [0.1, 0.15) is 9.88 Å². The Bertz CT molecular complexity index is 643. The number of aromatic nitrogens is 1. The Balaban J connectivity index is 2.43. The molecule has 106 valence electrons. The summed E-state index contributed by atoms with van der Waals surface area (Å²) in [4.78, 5) is 30.4. The van der Waals surface area contributed by atoms with E-state index in [0.29, 0.717) is 9.88 Å². The van der Waals surface area contributed by atoms with E-state index in [0.717, 1.165) is 11.3 Å². The summed E-state index contributed by atoms with van der Waals surface area (Å²) in [6.45, 7) is 5.52. The fourth-order valence-electron chi connectivity index (χ4n) is 1.68. The van der Waals surface area contributed by atoms with E-state index < -0.39 is 5.97 Å². The van der Waals surface area contributed by atoms with Crippen molar-refractivity contribution in [3.05, 3.63) is 27.6 Å². The van der Waals surface area contributed by atoms with Gasteiger partial charge in [-0.1, -0.05) is 6.92 Å². The van der Waals surface area contributed by atoms with Crippen LogP contribution < -0.4 is 0 Å². The molecule has 0 bridgehead atoms. The van der Waals surface area contributed by atoms with E-state index in [9.17, 15) is 9.59 Å². The van der Waals surface area contributed by atoms with Gasteiger partial charge in [-0.2, -0.15) is 0 Å². The summed E-state index contributed by atoms with van der Waals surface area (Å²) in [5.74, 6) is -0.698. The lowest BCUT2D eigenvalue weighted by Crippen LogP contribution is -2.09. The van der Waals surface area contributed by atoms with Crippen molar-refractivity contribution in [3.8, 4) is 9.88 Å². The highest BCUT2D eigenvalue weighted by Crippen LogP contribution is 2.33. The topological polar surface area (TPSA) is 56.3 Å². The third kappa shape index (κ3) is 2.96. The summed E-state index contributed by atoms with van der Waals surface area (Å²) in [7, 11) is 0. The third-order valence-corrected chi connectivity index (χ3v) is 5.19. The van der Waals surface area contributed by atoms with Crippen LogP contribution in [0.4, 0.5) is 0 Å². The van der Waals surface area contributed by atoms with Crippen molar-refractivity contribution in [2.45, 2.75) is 27.2 Å². The summed E-state index contributed by atoms with van der Waals surface area (Å²) in [5, 5.41) is 0.697. The van der Waals surface area contributed by atoms with E-state index in [-0.39, 0.29) is 18.1 Å². The van der Waals surface area contributed by atoms with Crippen LogP contribution in [0.15, 0.2) is 12.1 Å². The van der Waals surface area contributed by atoms with Crippen LogP contribution in [0, 0.1) is 0 Å². The van der Waals surface area contributed by atoms with Crippen molar-refractivity contribution >= 4 is 34.4 Å². The molecule has 0 aliphatic rings. The van der Waals surface area contributed by atoms with Crippen LogP contribution >= 0.6 is 22.7 Å². The second kappa shape index (κ2) is 6.28. The van der Waals surface area contributed by atoms with Crippen molar-refractivity contribution in [2.24, 2.45) is 0 Å². The van der Waals surface area contributed by atoms with Crippen LogP contribution in [0.1, 0.15) is 45.8 Å². The van der Waals surface area contributed by atoms with Gasteiger partial charge in [-0.15, -0.1) is 22.7 Å². The number of ketones is 1. The second-order valence-electron chi connectivity index (χ2n) is 4.09. The molecule has 20 heavy (non-hydrogen) atoms. The molecule has 0 spiro atoms. The lowest BCUT2D eigenvalue weighted by atomic mass is 10.3. The van der Waals surface area contributed by atoms with Gasteiger partial charge in [0.2, 0.25) is 0 Å². The number of hydrogen-bond donors (Lipinski definition) is 0. The largest absolute Gasteiger partial charge is 0.461 e. The van der Waals surface area contributed by atoms with Crippen molar-refractivity contribution in [3.63, 3.8) is 0 Å². The molecule has 0 unspecified atom stereocenters. The zero-order valence-electron chi connectivity index (χ0n) is 11.6. The minimum atomic E-state index is -0.535. The number of carbonyl (C=O) groups excluding carboxylic acids is 2. The maximum absolute atomic E-state index is 11.8. The normalized spacial score (nSPS) is 10.6. The zero-order chi connectivity index (χ0) is 14.7. The van der Waals surface area contributed by atoms with Crippen LogP contribution in [0.5, 0.6) is 0 Å². The number of aryl methyl sites for hydroxylation is 1. The predicted octanol–water partition coefficient (Wildman–Crippen LogP) is 3.81. The molecule has 0 aromatic carbocycles. The Morgan fingerprint density at radius 3 is 2.55 bits per heavy atom. The van der Waals surface area contributed by atoms with E-state index in [1.165, 1.54) is 23.1 Å². The van der Waals surface area contributed by atoms with E-state index in [1.54, 1.807) is 18.3 Å². The van der Waals surface area contributed by atoms with E-state index in [2.05, 4.69) is 11.9 Å². The van der Waals surface area contributed by atoms with Crippen molar-refractivity contribution in [1.29, 1.82) is 0 Å². The smallest absolute Gasteiger partial charge is 0.358 e. The molecule has 0 radical (unpaired) electrons. The molecule has 0 aliphatic carbocycles. The van der Waals surface area contributed by atoms with Crippen LogP contribution in [0.25, 0.3) is 9.88 Å². The number of carbonyl (C=O) groups is 2. The van der Waals surface area contributed by atoms with E-state index in [4.69, 9.17) is 4.74 Å². The Hall–Kier alpha value is -1.53. The number of esters is 1. The fourth-order valence-corrected chi connectivity index (χ4v) is 3.64. The highest BCUT2D eigenvalue weighted by Gasteiger charge is 2.23. The Kier molecular flexibility index (Phi) is 4.67. The first-order valence-electron chi connectivity index (χ1n) is 6.34. The van der Waals surface area contributed by atoms with E-state index >= 15 is 0 Å². The molecule has 2 aromatic rings. The second-order valence-corrected chi connectivity index (χ2v) is 6.26. The maximum atomic E-state index is 11.8. The fraction of sp³-hybridized carbons (Fsp3) is 0.357. The number of nitrogens with zero attached hydrogens (tertiary/aromatic N) is 1.